The normalized spacial score (nSPS) is 9.57. The van der Waals surface area contributed by atoms with Gasteiger partial charge in [-0.25, -0.2) is 0 Å². The molecular formula is C14H16N4O5. The van der Waals surface area contributed by atoms with E-state index in [9.17, 15) is 0 Å². The van der Waals surface area contributed by atoms with Crippen molar-refractivity contribution in [1.29, 1.82) is 10.8 Å². The first-order valence-corrected chi connectivity index (χ1v) is 6.08. The van der Waals surface area contributed by atoms with Crippen LogP contribution in [0, 0.1) is 10.8 Å². The summed E-state index contributed by atoms with van der Waals surface area (Å²) in [6, 6.07) is 5.73. The van der Waals surface area contributed by atoms with Gasteiger partial charge in [0.05, 0.1) is 5.56 Å². The molecule has 0 bridgehead atoms. The third-order valence-corrected chi connectivity index (χ3v) is 2.60. The highest BCUT2D eigenvalue weighted by atomic mass is 16.3. The van der Waals surface area contributed by atoms with E-state index in [0.717, 1.165) is 12.1 Å². The van der Waals surface area contributed by atoms with E-state index in [4.69, 9.17) is 47.8 Å². The smallest absolute Gasteiger partial charge is 0.161 e. The van der Waals surface area contributed by atoms with Gasteiger partial charge in [0.1, 0.15) is 28.9 Å². The summed E-state index contributed by atoms with van der Waals surface area (Å²) in [5, 5.41) is 58.8. The predicted octanol–water partition coefficient (Wildman–Crippen LogP) is 0.469. The number of nitrogens with two attached hydrogens (primary N) is 2. The van der Waals surface area contributed by atoms with Crippen LogP contribution in [0.5, 0.6) is 28.7 Å². The molecule has 0 aliphatic carbocycles. The molecule has 0 aliphatic heterocycles. The summed E-state index contributed by atoms with van der Waals surface area (Å²) in [7, 11) is 0. The molecule has 0 radical (unpaired) electrons. The first kappa shape index (κ1) is 17.4. The van der Waals surface area contributed by atoms with Gasteiger partial charge in [0.25, 0.3) is 0 Å². The molecule has 9 nitrogen and oxygen atoms in total. The van der Waals surface area contributed by atoms with Crippen molar-refractivity contribution in [2.45, 2.75) is 0 Å². The number of aromatic hydroxyl groups is 5. The van der Waals surface area contributed by atoms with Crippen LogP contribution in [0.25, 0.3) is 0 Å². The summed E-state index contributed by atoms with van der Waals surface area (Å²) >= 11 is 0. The maximum Gasteiger partial charge on any atom is 0.161 e. The van der Waals surface area contributed by atoms with E-state index in [1.54, 1.807) is 0 Å². The maximum absolute atomic E-state index is 9.09. The quantitative estimate of drug-likeness (QED) is 0.165. The van der Waals surface area contributed by atoms with E-state index in [0.29, 0.717) is 5.56 Å². The Balaban J connectivity index is 0.000000231. The third-order valence-electron chi connectivity index (χ3n) is 2.60. The molecule has 0 unspecified atom stereocenters. The predicted molar refractivity (Wildman–Crippen MR) is 83.2 cm³/mol. The number of hydrogen-bond donors (Lipinski definition) is 9. The van der Waals surface area contributed by atoms with Crippen molar-refractivity contribution in [2.75, 3.05) is 0 Å². The summed E-state index contributed by atoms with van der Waals surface area (Å²) in [5.74, 6) is -1.96. The second-order valence-corrected chi connectivity index (χ2v) is 4.42. The Morgan fingerprint density at radius 3 is 1.57 bits per heavy atom. The molecule has 23 heavy (non-hydrogen) atoms. The molecule has 0 spiro atoms. The van der Waals surface area contributed by atoms with Gasteiger partial charge in [-0.2, -0.15) is 0 Å². The summed E-state index contributed by atoms with van der Waals surface area (Å²) in [5.41, 5.74) is 10.5. The fourth-order valence-corrected chi connectivity index (χ4v) is 1.53. The molecule has 2 rings (SSSR count). The van der Waals surface area contributed by atoms with Crippen LogP contribution in [0.3, 0.4) is 0 Å². The molecular weight excluding hydrogens is 304 g/mol. The lowest BCUT2D eigenvalue weighted by molar-refractivity contribution is 0.396. The van der Waals surface area contributed by atoms with Crippen LogP contribution in [-0.2, 0) is 0 Å². The van der Waals surface area contributed by atoms with Gasteiger partial charge >= 0.3 is 0 Å². The highest BCUT2D eigenvalue weighted by molar-refractivity contribution is 5.98. The molecule has 2 aromatic carbocycles. The van der Waals surface area contributed by atoms with Crippen molar-refractivity contribution in [1.82, 2.24) is 0 Å². The van der Waals surface area contributed by atoms with Crippen molar-refractivity contribution in [2.24, 2.45) is 11.5 Å². The fraction of sp³-hybridized carbons (Fsp3) is 0. The Morgan fingerprint density at radius 2 is 1.13 bits per heavy atom. The molecule has 9 heteroatoms. The molecule has 0 heterocycles. The number of nitrogen functional groups attached to an aromatic ring is 2. The molecule has 0 amide bonds. The summed E-state index contributed by atoms with van der Waals surface area (Å²) < 4.78 is 0. The van der Waals surface area contributed by atoms with Gasteiger partial charge in [-0.15, -0.1) is 0 Å². The van der Waals surface area contributed by atoms with Gasteiger partial charge in [-0.1, -0.05) is 0 Å². The molecule has 0 aromatic heterocycles. The van der Waals surface area contributed by atoms with Gasteiger partial charge < -0.3 is 37.0 Å². The van der Waals surface area contributed by atoms with Gasteiger partial charge in [-0.3, -0.25) is 10.8 Å². The van der Waals surface area contributed by atoms with E-state index in [-0.39, 0.29) is 34.5 Å². The molecule has 0 saturated heterocycles. The lowest BCUT2D eigenvalue weighted by Crippen LogP contribution is -2.10. The van der Waals surface area contributed by atoms with Crippen LogP contribution < -0.4 is 11.5 Å². The van der Waals surface area contributed by atoms with Crippen molar-refractivity contribution < 1.29 is 25.5 Å². The largest absolute Gasteiger partial charge is 0.508 e. The molecule has 0 aliphatic rings. The maximum atomic E-state index is 9.09. The van der Waals surface area contributed by atoms with Gasteiger partial charge in [0.2, 0.25) is 0 Å². The zero-order valence-electron chi connectivity index (χ0n) is 11.8. The summed E-state index contributed by atoms with van der Waals surface area (Å²) in [6.45, 7) is 0. The van der Waals surface area contributed by atoms with E-state index >= 15 is 0 Å². The molecule has 0 atom stereocenters. The SMILES string of the molecule is N=C(N)c1cc(O)c(O)cc1O.N=C(N)c1cc(O)cc(O)c1. The van der Waals surface area contributed by atoms with Crippen LogP contribution in [0.1, 0.15) is 11.1 Å². The van der Waals surface area contributed by atoms with Crippen LogP contribution in [0.2, 0.25) is 0 Å². The Morgan fingerprint density at radius 1 is 0.652 bits per heavy atom. The van der Waals surface area contributed by atoms with Crippen LogP contribution in [0.15, 0.2) is 30.3 Å². The molecule has 2 aromatic rings. The second-order valence-electron chi connectivity index (χ2n) is 4.42. The zero-order chi connectivity index (χ0) is 17.7. The Bertz CT molecular complexity index is 741. The van der Waals surface area contributed by atoms with Gasteiger partial charge in [0.15, 0.2) is 11.5 Å². The van der Waals surface area contributed by atoms with Crippen LogP contribution in [0.4, 0.5) is 0 Å². The number of amidine groups is 2. The number of rotatable bonds is 2. The lowest BCUT2D eigenvalue weighted by Gasteiger charge is -2.03. The molecule has 0 fully saturated rings. The minimum atomic E-state index is -0.447. The highest BCUT2D eigenvalue weighted by Crippen LogP contribution is 2.31. The number of nitrogens with one attached hydrogen (secondary N) is 2. The monoisotopic (exact) mass is 320 g/mol. The zero-order valence-corrected chi connectivity index (χ0v) is 11.8. The average Bonchev–Trinajstić information content (AvgIpc) is 2.42. The first-order chi connectivity index (χ1) is 10.6. The Kier molecular flexibility index (Phi) is 5.22. The minimum Gasteiger partial charge on any atom is -0.508 e. The fourth-order valence-electron chi connectivity index (χ4n) is 1.53. The standard InChI is InChI=1S/C7H8N2O3.C7H8N2O2/c8-7(9)3-1-5(11)6(12)2-4(3)10;8-7(9)4-1-5(10)3-6(11)2-4/h1-2,10-12H,(H3,8,9);1-3,10-11H,(H3,8,9). The van der Waals surface area contributed by atoms with Crippen molar-refractivity contribution >= 4 is 11.7 Å². The minimum absolute atomic E-state index is 0.00898. The van der Waals surface area contributed by atoms with Crippen molar-refractivity contribution in [3.8, 4) is 28.7 Å². The van der Waals surface area contributed by atoms with E-state index < -0.39 is 11.5 Å². The first-order valence-electron chi connectivity index (χ1n) is 6.08. The Hall–Kier alpha value is -3.62. The van der Waals surface area contributed by atoms with Crippen molar-refractivity contribution in [3.05, 3.63) is 41.5 Å². The average molecular weight is 320 g/mol. The van der Waals surface area contributed by atoms with Crippen LogP contribution in [-0.4, -0.2) is 37.2 Å². The summed E-state index contributed by atoms with van der Waals surface area (Å²) in [6.07, 6.45) is 0. The number of phenols is 5. The van der Waals surface area contributed by atoms with E-state index in [1.165, 1.54) is 18.2 Å². The lowest BCUT2D eigenvalue weighted by atomic mass is 10.1. The Labute approximate surface area is 130 Å². The second kappa shape index (κ2) is 6.89. The number of hydrogen-bond acceptors (Lipinski definition) is 7. The topological polar surface area (TPSA) is 201 Å². The highest BCUT2D eigenvalue weighted by Gasteiger charge is 2.09. The number of phenolic OH excluding ortho intramolecular Hbond substituents is 5. The summed E-state index contributed by atoms with van der Waals surface area (Å²) in [4.78, 5) is 0. The molecule has 11 N–H and O–H groups in total. The van der Waals surface area contributed by atoms with E-state index in [2.05, 4.69) is 0 Å². The van der Waals surface area contributed by atoms with Gasteiger partial charge in [0, 0.05) is 17.7 Å². The molecule has 122 valence electrons. The van der Waals surface area contributed by atoms with E-state index in [1.807, 2.05) is 0 Å². The van der Waals surface area contributed by atoms with Crippen LogP contribution >= 0.6 is 0 Å². The third kappa shape index (κ3) is 4.70. The van der Waals surface area contributed by atoms with Gasteiger partial charge in [-0.05, 0) is 18.2 Å². The van der Waals surface area contributed by atoms with Crippen molar-refractivity contribution in [3.63, 3.8) is 0 Å². The molecule has 0 saturated carbocycles. The number of benzene rings is 2.